The summed E-state index contributed by atoms with van der Waals surface area (Å²) in [7, 11) is 1.60. The van der Waals surface area contributed by atoms with Crippen LogP contribution >= 0.6 is 0 Å². The van der Waals surface area contributed by atoms with Gasteiger partial charge >= 0.3 is 0 Å². The zero-order valence-electron chi connectivity index (χ0n) is 18.3. The number of rotatable bonds is 9. The zero-order valence-corrected chi connectivity index (χ0v) is 18.3. The summed E-state index contributed by atoms with van der Waals surface area (Å²) < 4.78 is 16.2. The van der Waals surface area contributed by atoms with Crippen LogP contribution in [0.25, 0.3) is 6.08 Å². The van der Waals surface area contributed by atoms with Crippen molar-refractivity contribution >= 4 is 17.9 Å². The molecule has 1 heterocycles. The Kier molecular flexibility index (Phi) is 7.70. The second-order valence-electron chi connectivity index (χ2n) is 7.20. The minimum atomic E-state index is -0.450. The molecule has 2 aromatic carbocycles. The lowest BCUT2D eigenvalue weighted by Crippen LogP contribution is -2.41. The van der Waals surface area contributed by atoms with Gasteiger partial charge in [0.25, 0.3) is 11.8 Å². The minimum Gasteiger partial charge on any atom is -0.497 e. The highest BCUT2D eigenvalue weighted by atomic mass is 16.5. The van der Waals surface area contributed by atoms with E-state index in [4.69, 9.17) is 13.9 Å². The van der Waals surface area contributed by atoms with Crippen molar-refractivity contribution in [2.45, 2.75) is 19.9 Å². The molecule has 32 heavy (non-hydrogen) atoms. The van der Waals surface area contributed by atoms with Crippen LogP contribution in [0.5, 0.6) is 11.5 Å². The topological polar surface area (TPSA) is 89.8 Å². The normalized spacial score (nSPS) is 12.0. The van der Waals surface area contributed by atoms with Crippen LogP contribution in [-0.2, 0) is 4.79 Å². The van der Waals surface area contributed by atoms with Gasteiger partial charge in [0.1, 0.15) is 29.6 Å². The molecule has 1 atom stereocenters. The zero-order chi connectivity index (χ0) is 22.9. The van der Waals surface area contributed by atoms with Crippen LogP contribution in [0.15, 0.2) is 77.0 Å². The predicted octanol–water partition coefficient (Wildman–Crippen LogP) is 3.95. The molecule has 7 nitrogen and oxygen atoms in total. The van der Waals surface area contributed by atoms with E-state index in [0.29, 0.717) is 17.1 Å². The number of furan rings is 1. The Labute approximate surface area is 187 Å². The second-order valence-corrected chi connectivity index (χ2v) is 7.20. The van der Waals surface area contributed by atoms with E-state index in [1.165, 1.54) is 12.3 Å². The fraction of sp³-hybridized carbons (Fsp3) is 0.200. The molecular weight excluding hydrogens is 408 g/mol. The molecule has 0 saturated carbocycles. The average molecular weight is 434 g/mol. The summed E-state index contributed by atoms with van der Waals surface area (Å²) in [5.41, 5.74) is 1.37. The third-order valence-corrected chi connectivity index (χ3v) is 4.65. The Morgan fingerprint density at radius 1 is 1.03 bits per heavy atom. The van der Waals surface area contributed by atoms with Crippen molar-refractivity contribution in [1.29, 1.82) is 0 Å². The second kappa shape index (κ2) is 10.9. The maximum absolute atomic E-state index is 12.9. The van der Waals surface area contributed by atoms with Gasteiger partial charge in [-0.1, -0.05) is 18.2 Å². The quantitative estimate of drug-likeness (QED) is 0.498. The van der Waals surface area contributed by atoms with Crippen LogP contribution in [0.3, 0.4) is 0 Å². The Hall–Kier alpha value is -4.00. The molecule has 3 aromatic rings. The molecule has 0 bridgehead atoms. The summed E-state index contributed by atoms with van der Waals surface area (Å²) >= 11 is 0. The van der Waals surface area contributed by atoms with Gasteiger partial charge < -0.3 is 24.5 Å². The summed E-state index contributed by atoms with van der Waals surface area (Å²) in [6.45, 7) is 3.90. The third kappa shape index (κ3) is 6.25. The minimum absolute atomic E-state index is 0.0736. The Balaban J connectivity index is 1.66. The maximum Gasteiger partial charge on any atom is 0.268 e. The number of nitrogens with one attached hydrogen (secondary N) is 2. The Bertz CT molecular complexity index is 1070. The number of hydrogen-bond acceptors (Lipinski definition) is 5. The van der Waals surface area contributed by atoms with E-state index in [-0.39, 0.29) is 24.3 Å². The first kappa shape index (κ1) is 22.7. The first-order valence-electron chi connectivity index (χ1n) is 10.2. The molecule has 1 unspecified atom stereocenters. The molecule has 0 fully saturated rings. The van der Waals surface area contributed by atoms with Crippen LogP contribution in [0.2, 0.25) is 0 Å². The van der Waals surface area contributed by atoms with Crippen molar-refractivity contribution in [3.63, 3.8) is 0 Å². The van der Waals surface area contributed by atoms with E-state index in [0.717, 1.165) is 11.3 Å². The first-order valence-corrected chi connectivity index (χ1v) is 10.2. The van der Waals surface area contributed by atoms with Crippen molar-refractivity contribution < 1.29 is 23.5 Å². The summed E-state index contributed by atoms with van der Waals surface area (Å²) in [4.78, 5) is 25.7. The van der Waals surface area contributed by atoms with Crippen molar-refractivity contribution in [2.75, 3.05) is 13.7 Å². The Morgan fingerprint density at radius 3 is 2.41 bits per heavy atom. The number of aryl methyl sites for hydroxylation is 1. The van der Waals surface area contributed by atoms with Crippen LogP contribution < -0.4 is 20.1 Å². The molecule has 166 valence electrons. The van der Waals surface area contributed by atoms with Gasteiger partial charge in [-0.2, -0.15) is 0 Å². The summed E-state index contributed by atoms with van der Waals surface area (Å²) in [6, 6.07) is 17.4. The molecule has 2 N–H and O–H groups in total. The number of carbonyl (C=O) groups excluding carboxylic acids is 2. The van der Waals surface area contributed by atoms with Crippen LogP contribution in [0, 0.1) is 6.92 Å². The van der Waals surface area contributed by atoms with Gasteiger partial charge in [0, 0.05) is 11.6 Å². The largest absolute Gasteiger partial charge is 0.497 e. The van der Waals surface area contributed by atoms with E-state index < -0.39 is 5.91 Å². The van der Waals surface area contributed by atoms with Crippen molar-refractivity contribution in [3.05, 3.63) is 89.5 Å². The molecule has 0 aliphatic rings. The van der Waals surface area contributed by atoms with E-state index in [1.807, 2.05) is 26.0 Å². The molecule has 7 heteroatoms. The van der Waals surface area contributed by atoms with Gasteiger partial charge in [0.2, 0.25) is 0 Å². The highest BCUT2D eigenvalue weighted by Gasteiger charge is 2.18. The standard InChI is InChI=1S/C25H26N2O5/c1-17-7-4-5-9-22(17)24(28)27-23(15-21-8-6-14-31-21)25(29)26-18(2)16-32-20-12-10-19(30-3)11-13-20/h4-15,18H,16H2,1-3H3,(H,26,29)(H,27,28)/b23-15-. The highest BCUT2D eigenvalue weighted by molar-refractivity contribution is 6.05. The van der Waals surface area contributed by atoms with Crippen LogP contribution in [0.4, 0.5) is 0 Å². The van der Waals surface area contributed by atoms with E-state index in [2.05, 4.69) is 10.6 Å². The number of carbonyl (C=O) groups is 2. The van der Waals surface area contributed by atoms with Crippen molar-refractivity contribution in [3.8, 4) is 11.5 Å². The molecule has 3 rings (SSSR count). The molecule has 2 amide bonds. The lowest BCUT2D eigenvalue weighted by Gasteiger charge is -2.17. The number of benzene rings is 2. The molecular formula is C25H26N2O5. The van der Waals surface area contributed by atoms with E-state index >= 15 is 0 Å². The van der Waals surface area contributed by atoms with Gasteiger partial charge in [-0.25, -0.2) is 0 Å². The number of ether oxygens (including phenoxy) is 2. The first-order chi connectivity index (χ1) is 15.5. The fourth-order valence-electron chi connectivity index (χ4n) is 2.93. The lowest BCUT2D eigenvalue weighted by atomic mass is 10.1. The number of hydrogen-bond donors (Lipinski definition) is 2. The molecule has 0 aliphatic carbocycles. The van der Waals surface area contributed by atoms with E-state index in [9.17, 15) is 9.59 Å². The molecule has 0 saturated heterocycles. The van der Waals surface area contributed by atoms with Crippen LogP contribution in [-0.4, -0.2) is 31.6 Å². The lowest BCUT2D eigenvalue weighted by molar-refractivity contribution is -0.118. The third-order valence-electron chi connectivity index (χ3n) is 4.65. The molecule has 0 spiro atoms. The van der Waals surface area contributed by atoms with Gasteiger partial charge in [-0.3, -0.25) is 9.59 Å². The van der Waals surface area contributed by atoms with Crippen LogP contribution in [0.1, 0.15) is 28.6 Å². The van der Waals surface area contributed by atoms with Crippen molar-refractivity contribution in [2.24, 2.45) is 0 Å². The molecule has 1 aromatic heterocycles. The number of methoxy groups -OCH3 is 1. The van der Waals surface area contributed by atoms with Gasteiger partial charge in [0.15, 0.2) is 0 Å². The number of amides is 2. The van der Waals surface area contributed by atoms with Gasteiger partial charge in [-0.05, 0) is 61.9 Å². The molecule has 0 aliphatic heterocycles. The fourth-order valence-corrected chi connectivity index (χ4v) is 2.93. The predicted molar refractivity (Wildman–Crippen MR) is 121 cm³/mol. The van der Waals surface area contributed by atoms with Gasteiger partial charge in [-0.15, -0.1) is 0 Å². The van der Waals surface area contributed by atoms with E-state index in [1.54, 1.807) is 55.6 Å². The van der Waals surface area contributed by atoms with Crippen molar-refractivity contribution in [1.82, 2.24) is 10.6 Å². The maximum atomic E-state index is 12.9. The summed E-state index contributed by atoms with van der Waals surface area (Å²) in [5, 5.41) is 5.54. The summed E-state index contributed by atoms with van der Waals surface area (Å²) in [6.07, 6.45) is 2.98. The average Bonchev–Trinajstić information content (AvgIpc) is 3.31. The monoisotopic (exact) mass is 434 g/mol. The summed E-state index contributed by atoms with van der Waals surface area (Å²) in [5.74, 6) is 1.01. The molecule has 0 radical (unpaired) electrons. The Morgan fingerprint density at radius 2 is 1.75 bits per heavy atom. The smallest absolute Gasteiger partial charge is 0.268 e. The highest BCUT2D eigenvalue weighted by Crippen LogP contribution is 2.17. The van der Waals surface area contributed by atoms with Gasteiger partial charge in [0.05, 0.1) is 19.4 Å². The SMILES string of the molecule is COc1ccc(OCC(C)NC(=O)/C(=C/c2ccco2)NC(=O)c2ccccc2C)cc1.